The summed E-state index contributed by atoms with van der Waals surface area (Å²) in [6.07, 6.45) is 2.35. The van der Waals surface area contributed by atoms with Crippen LogP contribution in [0.25, 0.3) is 0 Å². The van der Waals surface area contributed by atoms with Crippen LogP contribution in [0.4, 0.5) is 0 Å². The summed E-state index contributed by atoms with van der Waals surface area (Å²) in [5, 5.41) is 6.85. The number of methoxy groups -OCH3 is 2. The molecule has 0 saturated carbocycles. The summed E-state index contributed by atoms with van der Waals surface area (Å²) in [5.74, 6) is 2.75. The van der Waals surface area contributed by atoms with Gasteiger partial charge in [-0.2, -0.15) is 0 Å². The third-order valence-electron chi connectivity index (χ3n) is 5.35. The third kappa shape index (κ3) is 5.89. The first-order chi connectivity index (χ1) is 14.7. The Morgan fingerprint density at radius 2 is 1.93 bits per heavy atom. The van der Waals surface area contributed by atoms with Gasteiger partial charge in [0.15, 0.2) is 5.96 Å². The predicted molar refractivity (Wildman–Crippen MR) is 120 cm³/mol. The molecule has 6 heteroatoms. The van der Waals surface area contributed by atoms with Crippen molar-refractivity contribution in [1.82, 2.24) is 10.6 Å². The summed E-state index contributed by atoms with van der Waals surface area (Å²) < 4.78 is 16.9. The molecule has 30 heavy (non-hydrogen) atoms. The molecule has 2 unspecified atom stereocenters. The highest BCUT2D eigenvalue weighted by Crippen LogP contribution is 2.33. The van der Waals surface area contributed by atoms with Crippen LogP contribution >= 0.6 is 0 Å². The van der Waals surface area contributed by atoms with Crippen molar-refractivity contribution < 1.29 is 14.2 Å². The highest BCUT2D eigenvalue weighted by atomic mass is 16.5. The smallest absolute Gasteiger partial charge is 0.191 e. The molecule has 0 aliphatic carbocycles. The first-order valence-corrected chi connectivity index (χ1v) is 10.6. The van der Waals surface area contributed by atoms with Gasteiger partial charge in [0.25, 0.3) is 0 Å². The number of nitrogens with zero attached hydrogens (tertiary/aromatic N) is 1. The molecule has 6 nitrogen and oxygen atoms in total. The van der Waals surface area contributed by atoms with Crippen molar-refractivity contribution in [3.8, 4) is 11.5 Å². The van der Waals surface area contributed by atoms with Gasteiger partial charge in [0, 0.05) is 37.2 Å². The third-order valence-corrected chi connectivity index (χ3v) is 5.35. The van der Waals surface area contributed by atoms with E-state index >= 15 is 0 Å². The maximum Gasteiger partial charge on any atom is 0.191 e. The van der Waals surface area contributed by atoms with Crippen LogP contribution in [0.2, 0.25) is 0 Å². The highest BCUT2D eigenvalue weighted by Gasteiger charge is 2.27. The van der Waals surface area contributed by atoms with Crippen LogP contribution in [0.3, 0.4) is 0 Å². The lowest BCUT2D eigenvalue weighted by Gasteiger charge is -2.32. The second kappa shape index (κ2) is 11.5. The van der Waals surface area contributed by atoms with E-state index in [-0.39, 0.29) is 6.10 Å². The molecular formula is C24H33N3O3. The lowest BCUT2D eigenvalue weighted by atomic mass is 9.89. The number of aliphatic imine (C=N–C) groups is 1. The Morgan fingerprint density at radius 1 is 1.10 bits per heavy atom. The second-order valence-corrected chi connectivity index (χ2v) is 7.36. The van der Waals surface area contributed by atoms with Gasteiger partial charge in [0.1, 0.15) is 11.5 Å². The molecule has 0 spiro atoms. The van der Waals surface area contributed by atoms with E-state index < -0.39 is 0 Å². The van der Waals surface area contributed by atoms with Crippen molar-refractivity contribution in [2.45, 2.75) is 32.4 Å². The van der Waals surface area contributed by atoms with E-state index in [1.807, 2.05) is 24.3 Å². The predicted octanol–water partition coefficient (Wildman–Crippen LogP) is 3.93. The van der Waals surface area contributed by atoms with Crippen LogP contribution in [-0.4, -0.2) is 39.9 Å². The van der Waals surface area contributed by atoms with Crippen LogP contribution in [-0.2, 0) is 11.3 Å². The maximum atomic E-state index is 6.12. The molecule has 2 aromatic carbocycles. The minimum absolute atomic E-state index is 0.122. The van der Waals surface area contributed by atoms with Gasteiger partial charge in [-0.1, -0.05) is 30.3 Å². The molecule has 0 amide bonds. The fourth-order valence-electron chi connectivity index (χ4n) is 3.78. The van der Waals surface area contributed by atoms with Crippen LogP contribution in [0, 0.1) is 5.92 Å². The summed E-state index contributed by atoms with van der Waals surface area (Å²) in [6.45, 7) is 5.02. The molecular weight excluding hydrogens is 378 g/mol. The Kier molecular flexibility index (Phi) is 8.39. The van der Waals surface area contributed by atoms with Crippen LogP contribution in [0.15, 0.2) is 53.5 Å². The molecule has 1 heterocycles. The van der Waals surface area contributed by atoms with Crippen molar-refractivity contribution in [1.29, 1.82) is 0 Å². The minimum atomic E-state index is 0.122. The van der Waals surface area contributed by atoms with Gasteiger partial charge in [0.05, 0.1) is 26.9 Å². The van der Waals surface area contributed by atoms with E-state index in [0.717, 1.165) is 55.6 Å². The summed E-state index contributed by atoms with van der Waals surface area (Å²) in [6, 6.07) is 16.3. The topological polar surface area (TPSA) is 64.1 Å². The number of ether oxygens (including phenoxy) is 3. The number of benzene rings is 2. The lowest BCUT2D eigenvalue weighted by molar-refractivity contribution is -0.0265. The Morgan fingerprint density at radius 3 is 2.67 bits per heavy atom. The number of guanidine groups is 1. The number of rotatable bonds is 8. The molecule has 2 N–H and O–H groups in total. The van der Waals surface area contributed by atoms with Gasteiger partial charge in [-0.15, -0.1) is 0 Å². The van der Waals surface area contributed by atoms with E-state index in [1.54, 1.807) is 14.2 Å². The summed E-state index contributed by atoms with van der Waals surface area (Å²) in [4.78, 5) is 4.76. The number of nitrogens with one attached hydrogen (secondary N) is 2. The van der Waals surface area contributed by atoms with Gasteiger partial charge in [-0.25, -0.2) is 4.99 Å². The first kappa shape index (κ1) is 22.0. The van der Waals surface area contributed by atoms with Gasteiger partial charge in [0.2, 0.25) is 0 Å². The summed E-state index contributed by atoms with van der Waals surface area (Å²) in [5.41, 5.74) is 2.26. The molecule has 0 bridgehead atoms. The first-order valence-electron chi connectivity index (χ1n) is 10.6. The monoisotopic (exact) mass is 411 g/mol. The zero-order valence-corrected chi connectivity index (χ0v) is 18.2. The number of hydrogen-bond donors (Lipinski definition) is 2. The van der Waals surface area contributed by atoms with E-state index in [1.165, 1.54) is 5.56 Å². The maximum absolute atomic E-state index is 6.12. The molecule has 0 radical (unpaired) electrons. The van der Waals surface area contributed by atoms with Crippen LogP contribution in [0.1, 0.15) is 37.0 Å². The van der Waals surface area contributed by atoms with Crippen molar-refractivity contribution in [2.75, 3.05) is 33.9 Å². The fraction of sp³-hybridized carbons (Fsp3) is 0.458. The van der Waals surface area contributed by atoms with Crippen molar-refractivity contribution in [3.05, 3.63) is 59.7 Å². The largest absolute Gasteiger partial charge is 0.497 e. The Bertz CT molecular complexity index is 811. The molecule has 2 atom stereocenters. The molecule has 1 saturated heterocycles. The molecule has 1 aliphatic rings. The average Bonchev–Trinajstić information content (AvgIpc) is 2.81. The number of hydrogen-bond acceptors (Lipinski definition) is 4. The van der Waals surface area contributed by atoms with E-state index in [4.69, 9.17) is 19.2 Å². The molecule has 0 aromatic heterocycles. The van der Waals surface area contributed by atoms with Crippen LogP contribution < -0.4 is 20.1 Å². The quantitative estimate of drug-likeness (QED) is 0.509. The SMILES string of the molecule is CCNC(=NCc1ccc(OC)cc1OC)NCC1CCCOC1c1ccccc1. The Labute approximate surface area is 179 Å². The Hall–Kier alpha value is -2.73. The van der Waals surface area contributed by atoms with Crippen LogP contribution in [0.5, 0.6) is 11.5 Å². The van der Waals surface area contributed by atoms with Gasteiger partial charge in [-0.05, 0) is 37.5 Å². The fourth-order valence-corrected chi connectivity index (χ4v) is 3.78. The zero-order valence-electron chi connectivity index (χ0n) is 18.2. The second-order valence-electron chi connectivity index (χ2n) is 7.36. The standard InChI is InChI=1S/C24H33N3O3/c1-4-25-24(26-16-19-12-13-21(28-2)15-22(19)29-3)27-17-20-11-8-14-30-23(20)18-9-6-5-7-10-18/h5-7,9-10,12-13,15,20,23H,4,8,11,14,16-17H2,1-3H3,(H2,25,26,27). The average molecular weight is 412 g/mol. The molecule has 2 aromatic rings. The van der Waals surface area contributed by atoms with E-state index in [9.17, 15) is 0 Å². The van der Waals surface area contributed by atoms with Gasteiger partial charge >= 0.3 is 0 Å². The van der Waals surface area contributed by atoms with E-state index in [0.29, 0.717) is 12.5 Å². The normalized spacial score (nSPS) is 19.2. The molecule has 162 valence electrons. The lowest BCUT2D eigenvalue weighted by Crippen LogP contribution is -2.42. The minimum Gasteiger partial charge on any atom is -0.497 e. The zero-order chi connectivity index (χ0) is 21.2. The molecule has 3 rings (SSSR count). The molecule has 1 fully saturated rings. The summed E-state index contributed by atoms with van der Waals surface area (Å²) >= 11 is 0. The highest BCUT2D eigenvalue weighted by molar-refractivity contribution is 5.79. The Balaban J connectivity index is 1.66. The van der Waals surface area contributed by atoms with E-state index in [2.05, 4.69) is 41.8 Å². The molecule has 1 aliphatic heterocycles. The van der Waals surface area contributed by atoms with Crippen molar-refractivity contribution in [2.24, 2.45) is 10.9 Å². The van der Waals surface area contributed by atoms with Gasteiger partial charge in [-0.3, -0.25) is 0 Å². The summed E-state index contributed by atoms with van der Waals surface area (Å²) in [7, 11) is 3.32. The van der Waals surface area contributed by atoms with Gasteiger partial charge < -0.3 is 24.8 Å². The van der Waals surface area contributed by atoms with Crippen molar-refractivity contribution in [3.63, 3.8) is 0 Å². The van der Waals surface area contributed by atoms with Crippen molar-refractivity contribution >= 4 is 5.96 Å².